The van der Waals surface area contributed by atoms with Crippen LogP contribution in [0.5, 0.6) is 0 Å². The van der Waals surface area contributed by atoms with Crippen LogP contribution >= 0.6 is 0 Å². The maximum Gasteiger partial charge on any atom is 0.217 e. The van der Waals surface area contributed by atoms with E-state index in [9.17, 15) is 4.79 Å². The third kappa shape index (κ3) is 3.05. The van der Waals surface area contributed by atoms with Gasteiger partial charge in [0, 0.05) is 6.92 Å². The number of hydrogen-bond donors (Lipinski definition) is 1. The average molecular weight is 189 g/mol. The van der Waals surface area contributed by atoms with Gasteiger partial charge in [-0.2, -0.15) is 0 Å². The van der Waals surface area contributed by atoms with Crippen LogP contribution in [0.15, 0.2) is 43.0 Å². The summed E-state index contributed by atoms with van der Waals surface area (Å²) in [5.41, 5.74) is 1.11. The van der Waals surface area contributed by atoms with Crippen molar-refractivity contribution in [3.8, 4) is 0 Å². The number of amides is 1. The minimum Gasteiger partial charge on any atom is -0.349 e. The fourth-order valence-corrected chi connectivity index (χ4v) is 1.38. The molecule has 1 aromatic carbocycles. The first-order valence-electron chi connectivity index (χ1n) is 4.67. The van der Waals surface area contributed by atoms with Gasteiger partial charge in [-0.25, -0.2) is 0 Å². The fraction of sp³-hybridized carbons (Fsp3) is 0.250. The lowest BCUT2D eigenvalue weighted by Gasteiger charge is -2.16. The Labute approximate surface area is 84.6 Å². The molecular formula is C12H15NO. The third-order valence-electron chi connectivity index (χ3n) is 1.98. The molecule has 1 atom stereocenters. The number of carbonyl (C=O) groups excluding carboxylic acids is 1. The monoisotopic (exact) mass is 189 g/mol. The topological polar surface area (TPSA) is 29.1 Å². The lowest BCUT2D eigenvalue weighted by Crippen LogP contribution is -2.25. The quantitative estimate of drug-likeness (QED) is 0.724. The summed E-state index contributed by atoms with van der Waals surface area (Å²) in [6, 6.07) is 9.95. The smallest absolute Gasteiger partial charge is 0.217 e. The van der Waals surface area contributed by atoms with Gasteiger partial charge in [-0.15, -0.1) is 6.58 Å². The molecule has 0 radical (unpaired) electrons. The minimum atomic E-state index is -0.0132. The Bertz CT molecular complexity index is 305. The summed E-state index contributed by atoms with van der Waals surface area (Å²) in [5, 5.41) is 2.89. The van der Waals surface area contributed by atoms with Crippen LogP contribution in [0.3, 0.4) is 0 Å². The summed E-state index contributed by atoms with van der Waals surface area (Å²) in [7, 11) is 0. The van der Waals surface area contributed by atoms with Gasteiger partial charge < -0.3 is 5.32 Å². The van der Waals surface area contributed by atoms with E-state index >= 15 is 0 Å². The Morgan fingerprint density at radius 1 is 1.50 bits per heavy atom. The van der Waals surface area contributed by atoms with Crippen molar-refractivity contribution < 1.29 is 4.79 Å². The molecule has 1 aromatic rings. The van der Waals surface area contributed by atoms with Crippen LogP contribution in [0.2, 0.25) is 0 Å². The zero-order valence-corrected chi connectivity index (χ0v) is 8.36. The summed E-state index contributed by atoms with van der Waals surface area (Å²) in [6.07, 6.45) is 2.57. The summed E-state index contributed by atoms with van der Waals surface area (Å²) >= 11 is 0. The molecule has 0 aromatic heterocycles. The van der Waals surface area contributed by atoms with Crippen LogP contribution in [0.25, 0.3) is 0 Å². The average Bonchev–Trinajstić information content (AvgIpc) is 2.18. The number of benzene rings is 1. The summed E-state index contributed by atoms with van der Waals surface area (Å²) in [5.74, 6) is -0.0132. The highest BCUT2D eigenvalue weighted by Crippen LogP contribution is 2.16. The fourth-order valence-electron chi connectivity index (χ4n) is 1.38. The van der Waals surface area contributed by atoms with Gasteiger partial charge in [0.25, 0.3) is 0 Å². The summed E-state index contributed by atoms with van der Waals surface area (Å²) < 4.78 is 0. The second-order valence-corrected chi connectivity index (χ2v) is 3.19. The third-order valence-corrected chi connectivity index (χ3v) is 1.98. The van der Waals surface area contributed by atoms with Crippen molar-refractivity contribution in [3.63, 3.8) is 0 Å². The van der Waals surface area contributed by atoms with Gasteiger partial charge in [-0.05, 0) is 12.0 Å². The van der Waals surface area contributed by atoms with Crippen LogP contribution < -0.4 is 5.32 Å². The zero-order valence-electron chi connectivity index (χ0n) is 8.36. The van der Waals surface area contributed by atoms with Gasteiger partial charge in [0.15, 0.2) is 0 Å². The molecule has 1 rings (SSSR count). The first-order chi connectivity index (χ1) is 6.74. The second kappa shape index (κ2) is 5.22. The predicted octanol–water partition coefficient (Wildman–Crippen LogP) is 2.44. The Hall–Kier alpha value is -1.57. The normalized spacial score (nSPS) is 11.8. The highest BCUT2D eigenvalue weighted by atomic mass is 16.1. The van der Waals surface area contributed by atoms with Gasteiger partial charge >= 0.3 is 0 Å². The molecule has 1 amide bonds. The summed E-state index contributed by atoms with van der Waals surface area (Å²) in [6.45, 7) is 5.21. The molecule has 2 nitrogen and oxygen atoms in total. The Morgan fingerprint density at radius 3 is 2.64 bits per heavy atom. The Balaban J connectivity index is 2.77. The van der Waals surface area contributed by atoms with Gasteiger partial charge in [-0.1, -0.05) is 36.4 Å². The largest absolute Gasteiger partial charge is 0.349 e. The molecule has 74 valence electrons. The van der Waals surface area contributed by atoms with Crippen LogP contribution in [0.4, 0.5) is 0 Å². The maximum absolute atomic E-state index is 11.0. The van der Waals surface area contributed by atoms with Crippen LogP contribution in [-0.2, 0) is 4.79 Å². The van der Waals surface area contributed by atoms with E-state index in [0.717, 1.165) is 12.0 Å². The van der Waals surface area contributed by atoms with E-state index in [1.807, 2.05) is 36.4 Å². The van der Waals surface area contributed by atoms with Crippen LogP contribution in [0.1, 0.15) is 24.9 Å². The van der Waals surface area contributed by atoms with Crippen molar-refractivity contribution in [2.45, 2.75) is 19.4 Å². The highest BCUT2D eigenvalue weighted by molar-refractivity contribution is 5.73. The number of nitrogens with one attached hydrogen (secondary N) is 1. The van der Waals surface area contributed by atoms with Gasteiger partial charge in [0.2, 0.25) is 5.91 Å². The van der Waals surface area contributed by atoms with E-state index in [1.165, 1.54) is 6.92 Å². The number of rotatable bonds is 4. The second-order valence-electron chi connectivity index (χ2n) is 3.19. The van der Waals surface area contributed by atoms with E-state index < -0.39 is 0 Å². The Morgan fingerprint density at radius 2 is 2.14 bits per heavy atom. The van der Waals surface area contributed by atoms with Gasteiger partial charge in [0.1, 0.15) is 0 Å². The van der Waals surface area contributed by atoms with E-state index in [4.69, 9.17) is 0 Å². The highest BCUT2D eigenvalue weighted by Gasteiger charge is 2.09. The molecule has 0 spiro atoms. The molecule has 14 heavy (non-hydrogen) atoms. The van der Waals surface area contributed by atoms with Crippen molar-refractivity contribution in [2.75, 3.05) is 0 Å². The van der Waals surface area contributed by atoms with Crippen molar-refractivity contribution in [1.82, 2.24) is 5.32 Å². The molecular weight excluding hydrogens is 174 g/mol. The van der Waals surface area contributed by atoms with E-state index in [1.54, 1.807) is 0 Å². The molecule has 0 saturated carbocycles. The lowest BCUT2D eigenvalue weighted by atomic mass is 10.0. The Kier molecular flexibility index (Phi) is 3.92. The van der Waals surface area contributed by atoms with E-state index in [0.29, 0.717) is 0 Å². The van der Waals surface area contributed by atoms with Gasteiger partial charge in [0.05, 0.1) is 6.04 Å². The molecule has 0 unspecified atom stereocenters. The standard InChI is InChI=1S/C12H15NO/c1-3-7-12(13-10(2)14)11-8-5-4-6-9-11/h3-6,8-9,12H,1,7H2,2H3,(H,13,14)/t12-/m1/s1. The van der Waals surface area contributed by atoms with Gasteiger partial charge in [-0.3, -0.25) is 4.79 Å². The minimum absolute atomic E-state index is 0.0132. The summed E-state index contributed by atoms with van der Waals surface area (Å²) in [4.78, 5) is 11.0. The first-order valence-corrected chi connectivity index (χ1v) is 4.67. The molecule has 0 saturated heterocycles. The van der Waals surface area contributed by atoms with E-state index in [2.05, 4.69) is 11.9 Å². The molecule has 0 aliphatic carbocycles. The van der Waals surface area contributed by atoms with Crippen molar-refractivity contribution in [2.24, 2.45) is 0 Å². The molecule has 0 bridgehead atoms. The van der Waals surface area contributed by atoms with E-state index in [-0.39, 0.29) is 11.9 Å². The molecule has 0 fully saturated rings. The lowest BCUT2D eigenvalue weighted by molar-refractivity contribution is -0.119. The van der Waals surface area contributed by atoms with Crippen molar-refractivity contribution in [3.05, 3.63) is 48.6 Å². The molecule has 2 heteroatoms. The number of carbonyl (C=O) groups is 1. The number of hydrogen-bond acceptors (Lipinski definition) is 1. The molecule has 0 heterocycles. The van der Waals surface area contributed by atoms with Crippen molar-refractivity contribution in [1.29, 1.82) is 0 Å². The van der Waals surface area contributed by atoms with Crippen LogP contribution in [0, 0.1) is 0 Å². The zero-order chi connectivity index (χ0) is 10.4. The molecule has 1 N–H and O–H groups in total. The maximum atomic E-state index is 11.0. The predicted molar refractivity (Wildman–Crippen MR) is 57.8 cm³/mol. The van der Waals surface area contributed by atoms with Crippen molar-refractivity contribution >= 4 is 5.91 Å². The SMILES string of the molecule is C=CC[C@@H](NC(C)=O)c1ccccc1. The molecule has 0 aliphatic heterocycles. The molecule has 0 aliphatic rings. The van der Waals surface area contributed by atoms with Crippen LogP contribution in [-0.4, -0.2) is 5.91 Å². The first kappa shape index (κ1) is 10.5.